The molecule has 1 aliphatic heterocycles. The van der Waals surface area contributed by atoms with Crippen LogP contribution in [0.15, 0.2) is 76.6 Å². The van der Waals surface area contributed by atoms with Crippen molar-refractivity contribution < 1.29 is 17.9 Å². The second-order valence-electron chi connectivity index (χ2n) is 7.66. The number of hydrogen-bond acceptors (Lipinski definition) is 7. The molecule has 0 N–H and O–H groups in total. The van der Waals surface area contributed by atoms with Gasteiger partial charge < -0.3 is 14.4 Å². The molecule has 10 heteroatoms. The number of piperazine rings is 1. The SMILES string of the molecule is CCOCCOc1c(N2CCN(S(=O)(=O)c3ccccc3)CC2)cnn(-c2ccccc2)c1=O. The van der Waals surface area contributed by atoms with E-state index < -0.39 is 10.0 Å². The first kappa shape index (κ1) is 23.9. The molecule has 180 valence electrons. The van der Waals surface area contributed by atoms with Gasteiger partial charge in [-0.2, -0.15) is 14.1 Å². The van der Waals surface area contributed by atoms with E-state index in [4.69, 9.17) is 9.47 Å². The summed E-state index contributed by atoms with van der Waals surface area (Å²) < 4.78 is 39.9. The second kappa shape index (κ2) is 10.8. The lowest BCUT2D eigenvalue weighted by Gasteiger charge is -2.35. The van der Waals surface area contributed by atoms with Crippen LogP contribution in [0.2, 0.25) is 0 Å². The Morgan fingerprint density at radius 1 is 0.912 bits per heavy atom. The lowest BCUT2D eigenvalue weighted by atomic mass is 10.3. The first-order valence-electron chi connectivity index (χ1n) is 11.2. The number of aromatic nitrogens is 2. The highest BCUT2D eigenvalue weighted by atomic mass is 32.2. The van der Waals surface area contributed by atoms with Crippen molar-refractivity contribution >= 4 is 15.7 Å². The van der Waals surface area contributed by atoms with Crippen LogP contribution in [0.1, 0.15) is 6.92 Å². The van der Waals surface area contributed by atoms with E-state index in [2.05, 4.69) is 5.10 Å². The molecular formula is C24H28N4O5S. The maximum atomic E-state index is 13.3. The Balaban J connectivity index is 1.57. The van der Waals surface area contributed by atoms with Gasteiger partial charge in [0.25, 0.3) is 0 Å². The number of ether oxygens (including phenoxy) is 2. The predicted molar refractivity (Wildman–Crippen MR) is 129 cm³/mol. The van der Waals surface area contributed by atoms with Gasteiger partial charge in [0.2, 0.25) is 15.8 Å². The zero-order valence-electron chi connectivity index (χ0n) is 19.0. The van der Waals surface area contributed by atoms with Crippen molar-refractivity contribution in [2.24, 2.45) is 0 Å². The van der Waals surface area contributed by atoms with Crippen LogP contribution in [-0.4, -0.2) is 68.5 Å². The molecule has 2 aromatic carbocycles. The third-order valence-electron chi connectivity index (χ3n) is 5.55. The zero-order chi connectivity index (χ0) is 24.0. The molecule has 0 unspecified atom stereocenters. The van der Waals surface area contributed by atoms with E-state index >= 15 is 0 Å². The topological polar surface area (TPSA) is 94.0 Å². The van der Waals surface area contributed by atoms with E-state index in [1.54, 1.807) is 48.7 Å². The number of para-hydroxylation sites is 1. The zero-order valence-corrected chi connectivity index (χ0v) is 19.9. The summed E-state index contributed by atoms with van der Waals surface area (Å²) in [5.74, 6) is 0.179. The number of sulfonamides is 1. The molecule has 34 heavy (non-hydrogen) atoms. The average Bonchev–Trinajstić information content (AvgIpc) is 2.88. The van der Waals surface area contributed by atoms with Gasteiger partial charge in [-0.1, -0.05) is 36.4 Å². The van der Waals surface area contributed by atoms with E-state index in [9.17, 15) is 13.2 Å². The predicted octanol–water partition coefficient (Wildman–Crippen LogP) is 2.16. The summed E-state index contributed by atoms with van der Waals surface area (Å²) in [5, 5.41) is 4.36. The third kappa shape index (κ3) is 5.14. The van der Waals surface area contributed by atoms with Crippen molar-refractivity contribution in [3.63, 3.8) is 0 Å². The van der Waals surface area contributed by atoms with E-state index in [0.29, 0.717) is 37.7 Å². The molecule has 0 radical (unpaired) electrons. The molecule has 0 saturated carbocycles. The molecule has 0 spiro atoms. The fourth-order valence-electron chi connectivity index (χ4n) is 3.80. The van der Waals surface area contributed by atoms with Gasteiger partial charge in [-0.3, -0.25) is 4.79 Å². The Kier molecular flexibility index (Phi) is 7.61. The van der Waals surface area contributed by atoms with E-state index in [1.165, 1.54) is 8.99 Å². The fraction of sp³-hybridized carbons (Fsp3) is 0.333. The van der Waals surface area contributed by atoms with Gasteiger partial charge in [0.15, 0.2) is 0 Å². The highest BCUT2D eigenvalue weighted by molar-refractivity contribution is 7.89. The molecule has 1 aromatic heterocycles. The first-order valence-corrected chi connectivity index (χ1v) is 12.6. The van der Waals surface area contributed by atoms with Crippen LogP contribution < -0.4 is 15.2 Å². The highest BCUT2D eigenvalue weighted by Crippen LogP contribution is 2.27. The number of benzene rings is 2. The number of rotatable bonds is 9. The largest absolute Gasteiger partial charge is 0.484 e. The van der Waals surface area contributed by atoms with Gasteiger partial charge in [-0.15, -0.1) is 0 Å². The molecule has 2 heterocycles. The summed E-state index contributed by atoms with van der Waals surface area (Å²) in [6, 6.07) is 17.5. The summed E-state index contributed by atoms with van der Waals surface area (Å²) in [5.41, 5.74) is 0.803. The van der Waals surface area contributed by atoms with Crippen LogP contribution in [-0.2, 0) is 14.8 Å². The maximum Gasteiger partial charge on any atom is 0.316 e. The molecule has 1 aliphatic rings. The molecule has 0 atom stereocenters. The van der Waals surface area contributed by atoms with Gasteiger partial charge in [-0.25, -0.2) is 8.42 Å². The van der Waals surface area contributed by atoms with E-state index in [-0.39, 0.29) is 35.9 Å². The monoisotopic (exact) mass is 484 g/mol. The Morgan fingerprint density at radius 3 is 2.21 bits per heavy atom. The van der Waals surface area contributed by atoms with Gasteiger partial charge in [0.05, 0.1) is 23.4 Å². The summed E-state index contributed by atoms with van der Waals surface area (Å²) in [4.78, 5) is 15.5. The minimum atomic E-state index is -3.57. The standard InChI is InChI=1S/C24H28N4O5S/c1-2-32-17-18-33-23-22(19-25-28(24(23)29)20-9-5-3-6-10-20)26-13-15-27(16-14-26)34(30,31)21-11-7-4-8-12-21/h3-12,19H,2,13-18H2,1H3. The van der Waals surface area contributed by atoms with Crippen LogP contribution in [0, 0.1) is 0 Å². The van der Waals surface area contributed by atoms with Crippen molar-refractivity contribution in [2.75, 3.05) is 50.9 Å². The fourth-order valence-corrected chi connectivity index (χ4v) is 5.24. The molecular weight excluding hydrogens is 456 g/mol. The first-order chi connectivity index (χ1) is 16.5. The van der Waals surface area contributed by atoms with Gasteiger partial charge in [0, 0.05) is 32.8 Å². The van der Waals surface area contributed by atoms with Crippen LogP contribution in [0.25, 0.3) is 5.69 Å². The normalized spacial score (nSPS) is 14.8. The highest BCUT2D eigenvalue weighted by Gasteiger charge is 2.30. The van der Waals surface area contributed by atoms with Crippen molar-refractivity contribution in [1.82, 2.24) is 14.1 Å². The van der Waals surface area contributed by atoms with Crippen molar-refractivity contribution in [3.05, 3.63) is 77.2 Å². The average molecular weight is 485 g/mol. The van der Waals surface area contributed by atoms with Crippen LogP contribution in [0.3, 0.4) is 0 Å². The Hall–Kier alpha value is -3.21. The summed E-state index contributed by atoms with van der Waals surface area (Å²) in [7, 11) is -3.57. The minimum Gasteiger partial charge on any atom is -0.484 e. The Morgan fingerprint density at radius 2 is 1.56 bits per heavy atom. The van der Waals surface area contributed by atoms with Crippen molar-refractivity contribution in [1.29, 1.82) is 0 Å². The summed E-state index contributed by atoms with van der Waals surface area (Å²) >= 11 is 0. The molecule has 0 aliphatic carbocycles. The molecule has 1 fully saturated rings. The second-order valence-corrected chi connectivity index (χ2v) is 9.60. The maximum absolute atomic E-state index is 13.3. The van der Waals surface area contributed by atoms with Crippen molar-refractivity contribution in [2.45, 2.75) is 11.8 Å². The van der Waals surface area contributed by atoms with Gasteiger partial charge >= 0.3 is 5.56 Å². The number of nitrogens with zero attached hydrogens (tertiary/aromatic N) is 4. The summed E-state index contributed by atoms with van der Waals surface area (Å²) in [6.45, 7) is 4.41. The lowest BCUT2D eigenvalue weighted by molar-refractivity contribution is 0.109. The molecule has 0 amide bonds. The smallest absolute Gasteiger partial charge is 0.316 e. The molecule has 3 aromatic rings. The molecule has 4 rings (SSSR count). The number of anilines is 1. The van der Waals surface area contributed by atoms with E-state index in [0.717, 1.165) is 0 Å². The Labute approximate surface area is 199 Å². The molecule has 0 bridgehead atoms. The quantitative estimate of drug-likeness (QED) is 0.430. The van der Waals surface area contributed by atoms with Gasteiger partial charge in [-0.05, 0) is 31.2 Å². The van der Waals surface area contributed by atoms with E-state index in [1.807, 2.05) is 30.0 Å². The molecule has 1 saturated heterocycles. The number of hydrogen-bond donors (Lipinski definition) is 0. The van der Waals surface area contributed by atoms with Crippen LogP contribution in [0.5, 0.6) is 5.75 Å². The van der Waals surface area contributed by atoms with Crippen LogP contribution in [0.4, 0.5) is 5.69 Å². The summed E-state index contributed by atoms with van der Waals surface area (Å²) in [6.07, 6.45) is 1.60. The minimum absolute atomic E-state index is 0.179. The third-order valence-corrected chi connectivity index (χ3v) is 7.47. The van der Waals surface area contributed by atoms with Crippen LogP contribution >= 0.6 is 0 Å². The molecule has 9 nitrogen and oxygen atoms in total. The lowest BCUT2D eigenvalue weighted by Crippen LogP contribution is -2.49. The van der Waals surface area contributed by atoms with Crippen molar-refractivity contribution in [3.8, 4) is 11.4 Å². The van der Waals surface area contributed by atoms with Gasteiger partial charge in [0.1, 0.15) is 12.3 Å². The Bertz CT molecular complexity index is 1240.